The van der Waals surface area contributed by atoms with Crippen molar-refractivity contribution in [3.05, 3.63) is 0 Å². The molecule has 0 saturated carbocycles. The normalized spacial score (nSPS) is 18.4. The van der Waals surface area contributed by atoms with E-state index in [-0.39, 0.29) is 23.3 Å². The predicted octanol–water partition coefficient (Wildman–Crippen LogP) is 0.566. The van der Waals surface area contributed by atoms with Crippen molar-refractivity contribution < 1.29 is 4.79 Å². The summed E-state index contributed by atoms with van der Waals surface area (Å²) in [7, 11) is 0. The molecule has 22 heavy (non-hydrogen) atoms. The van der Waals surface area contributed by atoms with Crippen LogP contribution in [0.5, 0.6) is 0 Å². The lowest BCUT2D eigenvalue weighted by Gasteiger charge is -2.24. The first-order valence-corrected chi connectivity index (χ1v) is 7.39. The molecule has 0 radical (unpaired) electrons. The maximum atomic E-state index is 11.2. The van der Waals surface area contributed by atoms with Gasteiger partial charge in [0.05, 0.1) is 0 Å². The Morgan fingerprint density at radius 1 is 1.32 bits per heavy atom. The molecule has 1 aliphatic heterocycles. The zero-order valence-corrected chi connectivity index (χ0v) is 13.6. The van der Waals surface area contributed by atoms with E-state index in [1.54, 1.807) is 0 Å². The maximum Gasteiger partial charge on any atom is 0.227 e. The van der Waals surface area contributed by atoms with E-state index in [0.717, 1.165) is 13.0 Å². The van der Waals surface area contributed by atoms with Gasteiger partial charge in [0.15, 0.2) is 11.6 Å². The molecule has 2 rings (SSSR count). The van der Waals surface area contributed by atoms with Crippen molar-refractivity contribution in [1.82, 2.24) is 15.3 Å². The number of amides is 1. The number of aromatic nitrogens is 2. The molecule has 1 aliphatic rings. The summed E-state index contributed by atoms with van der Waals surface area (Å²) in [4.78, 5) is 21.9. The monoisotopic (exact) mass is 307 g/mol. The first-order valence-electron chi connectivity index (χ1n) is 7.39. The van der Waals surface area contributed by atoms with Gasteiger partial charge in [-0.05, 0) is 27.2 Å². The Balaban J connectivity index is 2.22. The van der Waals surface area contributed by atoms with Gasteiger partial charge in [0.25, 0.3) is 0 Å². The van der Waals surface area contributed by atoms with Gasteiger partial charge in [-0.25, -0.2) is 0 Å². The molecule has 1 saturated heterocycles. The van der Waals surface area contributed by atoms with E-state index in [1.165, 1.54) is 6.92 Å². The third-order valence-corrected chi connectivity index (χ3v) is 3.34. The fourth-order valence-electron chi connectivity index (χ4n) is 2.46. The number of hydrogen-bond donors (Lipinski definition) is 4. The van der Waals surface area contributed by atoms with E-state index in [2.05, 4.69) is 20.6 Å². The highest BCUT2D eigenvalue weighted by Crippen LogP contribution is 2.30. The van der Waals surface area contributed by atoms with Crippen molar-refractivity contribution in [1.29, 1.82) is 0 Å². The van der Waals surface area contributed by atoms with Crippen LogP contribution >= 0.6 is 0 Å². The molecule has 0 unspecified atom stereocenters. The van der Waals surface area contributed by atoms with Crippen molar-refractivity contribution >= 4 is 29.2 Å². The smallest absolute Gasteiger partial charge is 0.227 e. The van der Waals surface area contributed by atoms with E-state index in [0.29, 0.717) is 24.0 Å². The second-order valence-corrected chi connectivity index (χ2v) is 6.68. The standard InChI is InChI=1S/C14H25N7O/c1-8(22)17-9-5-6-21(7-9)12-10(15)11(16)18-13(19-12)20-14(2,3)4/h9H,5-7,15H2,1-4H3,(H,17,22)(H3,16,18,19,20)/t9-/m0/s1. The Morgan fingerprint density at radius 2 is 2.00 bits per heavy atom. The summed E-state index contributed by atoms with van der Waals surface area (Å²) in [5.74, 6) is 1.31. The summed E-state index contributed by atoms with van der Waals surface area (Å²) < 4.78 is 0. The van der Waals surface area contributed by atoms with Gasteiger partial charge in [-0.1, -0.05) is 0 Å². The van der Waals surface area contributed by atoms with Crippen LogP contribution in [0.3, 0.4) is 0 Å². The van der Waals surface area contributed by atoms with Crippen LogP contribution in [0.15, 0.2) is 0 Å². The summed E-state index contributed by atoms with van der Waals surface area (Å²) in [5, 5.41) is 6.12. The van der Waals surface area contributed by atoms with Gasteiger partial charge in [-0.3, -0.25) is 4.79 Å². The van der Waals surface area contributed by atoms with Crippen LogP contribution in [0.2, 0.25) is 0 Å². The molecular weight excluding hydrogens is 282 g/mol. The highest BCUT2D eigenvalue weighted by Gasteiger charge is 2.27. The molecular formula is C14H25N7O. The second kappa shape index (κ2) is 5.86. The van der Waals surface area contributed by atoms with Crippen molar-refractivity contribution in [2.45, 2.75) is 45.7 Å². The average Bonchev–Trinajstić information content (AvgIpc) is 2.79. The predicted molar refractivity (Wildman–Crippen MR) is 88.7 cm³/mol. The highest BCUT2D eigenvalue weighted by molar-refractivity contribution is 5.76. The lowest BCUT2D eigenvalue weighted by atomic mass is 10.1. The Labute approximate surface area is 130 Å². The zero-order chi connectivity index (χ0) is 16.5. The van der Waals surface area contributed by atoms with E-state index >= 15 is 0 Å². The lowest BCUT2D eigenvalue weighted by molar-refractivity contribution is -0.119. The number of hydrogen-bond acceptors (Lipinski definition) is 7. The number of carbonyl (C=O) groups is 1. The number of nitrogen functional groups attached to an aromatic ring is 2. The van der Waals surface area contributed by atoms with Crippen LogP contribution in [0, 0.1) is 0 Å². The van der Waals surface area contributed by atoms with Gasteiger partial charge < -0.3 is 27.0 Å². The topological polar surface area (TPSA) is 122 Å². The molecule has 0 bridgehead atoms. The van der Waals surface area contributed by atoms with Gasteiger partial charge in [0.1, 0.15) is 5.69 Å². The molecule has 1 aromatic rings. The lowest BCUT2D eigenvalue weighted by Crippen LogP contribution is -2.36. The summed E-state index contributed by atoms with van der Waals surface area (Å²) in [5.41, 5.74) is 12.1. The van der Waals surface area contributed by atoms with Gasteiger partial charge >= 0.3 is 0 Å². The van der Waals surface area contributed by atoms with Crippen LogP contribution < -0.4 is 27.0 Å². The quantitative estimate of drug-likeness (QED) is 0.643. The minimum atomic E-state index is -0.177. The highest BCUT2D eigenvalue weighted by atomic mass is 16.1. The summed E-state index contributed by atoms with van der Waals surface area (Å²) in [6, 6.07) is 0.104. The number of anilines is 4. The molecule has 1 aromatic heterocycles. The molecule has 0 aromatic carbocycles. The molecule has 6 N–H and O–H groups in total. The Morgan fingerprint density at radius 3 is 2.59 bits per heavy atom. The number of nitrogens with zero attached hydrogens (tertiary/aromatic N) is 3. The van der Waals surface area contributed by atoms with Gasteiger partial charge in [0.2, 0.25) is 11.9 Å². The van der Waals surface area contributed by atoms with E-state index in [9.17, 15) is 4.79 Å². The average molecular weight is 307 g/mol. The largest absolute Gasteiger partial charge is 0.393 e. The second-order valence-electron chi connectivity index (χ2n) is 6.68. The van der Waals surface area contributed by atoms with Crippen LogP contribution in [0.1, 0.15) is 34.1 Å². The van der Waals surface area contributed by atoms with Gasteiger partial charge in [-0.2, -0.15) is 9.97 Å². The van der Waals surface area contributed by atoms with Gasteiger partial charge in [0, 0.05) is 31.6 Å². The molecule has 1 fully saturated rings. The van der Waals surface area contributed by atoms with Crippen molar-refractivity contribution in [2.24, 2.45) is 0 Å². The van der Waals surface area contributed by atoms with Crippen molar-refractivity contribution in [2.75, 3.05) is 34.8 Å². The third kappa shape index (κ3) is 3.90. The number of nitrogens with one attached hydrogen (secondary N) is 2. The number of rotatable bonds is 3. The van der Waals surface area contributed by atoms with Crippen molar-refractivity contribution in [3.63, 3.8) is 0 Å². The van der Waals surface area contributed by atoms with Gasteiger partial charge in [-0.15, -0.1) is 0 Å². The van der Waals surface area contributed by atoms with Crippen LogP contribution in [0.4, 0.5) is 23.3 Å². The Hall–Kier alpha value is -2.25. The fraction of sp³-hybridized carbons (Fsp3) is 0.643. The summed E-state index contributed by atoms with van der Waals surface area (Å²) >= 11 is 0. The molecule has 8 heteroatoms. The zero-order valence-electron chi connectivity index (χ0n) is 13.6. The van der Waals surface area contributed by atoms with E-state index < -0.39 is 0 Å². The first-order chi connectivity index (χ1) is 10.2. The molecule has 1 atom stereocenters. The number of nitrogens with two attached hydrogens (primary N) is 2. The Kier molecular flexibility index (Phi) is 4.30. The molecule has 0 aliphatic carbocycles. The minimum Gasteiger partial charge on any atom is -0.393 e. The van der Waals surface area contributed by atoms with E-state index in [4.69, 9.17) is 11.5 Å². The third-order valence-electron chi connectivity index (χ3n) is 3.34. The van der Waals surface area contributed by atoms with E-state index in [1.807, 2.05) is 25.7 Å². The fourth-order valence-corrected chi connectivity index (χ4v) is 2.46. The maximum absolute atomic E-state index is 11.2. The first kappa shape index (κ1) is 16.1. The van der Waals surface area contributed by atoms with Crippen LogP contribution in [-0.2, 0) is 4.79 Å². The molecule has 2 heterocycles. The molecule has 0 spiro atoms. The van der Waals surface area contributed by atoms with Crippen LogP contribution in [-0.4, -0.2) is 40.5 Å². The van der Waals surface area contributed by atoms with Crippen molar-refractivity contribution in [3.8, 4) is 0 Å². The van der Waals surface area contributed by atoms with Crippen LogP contribution in [0.25, 0.3) is 0 Å². The molecule has 122 valence electrons. The minimum absolute atomic E-state index is 0.0305. The summed E-state index contributed by atoms with van der Waals surface area (Å²) in [6.07, 6.45) is 0.852. The summed E-state index contributed by atoms with van der Waals surface area (Å²) in [6.45, 7) is 9.00. The molecule has 1 amide bonds. The Bertz CT molecular complexity index is 567. The number of carbonyl (C=O) groups excluding carboxylic acids is 1. The molecule has 8 nitrogen and oxygen atoms in total. The SMILES string of the molecule is CC(=O)N[C@H]1CCN(c2nc(NC(C)(C)C)nc(N)c2N)C1.